The maximum Gasteiger partial charge on any atom is 0.212 e. The van der Waals surface area contributed by atoms with E-state index in [4.69, 9.17) is 5.73 Å². The van der Waals surface area contributed by atoms with Gasteiger partial charge in [0.05, 0.1) is 11.0 Å². The van der Waals surface area contributed by atoms with E-state index in [-0.39, 0.29) is 0 Å². The number of hydrogen-bond donors (Lipinski definition) is 2. The Morgan fingerprint density at radius 2 is 2.31 bits per heavy atom. The first-order chi connectivity index (χ1) is 7.81. The van der Waals surface area contributed by atoms with Gasteiger partial charge in [-0.1, -0.05) is 13.0 Å². The zero-order chi connectivity index (χ0) is 11.1. The lowest BCUT2D eigenvalue weighted by atomic mass is 10.1. The predicted molar refractivity (Wildman–Crippen MR) is 64.3 cm³/mol. The summed E-state index contributed by atoms with van der Waals surface area (Å²) in [7, 11) is 0. The molecule has 3 aromatic rings. The van der Waals surface area contributed by atoms with Crippen LogP contribution in [-0.4, -0.2) is 14.4 Å². The van der Waals surface area contributed by atoms with E-state index < -0.39 is 0 Å². The maximum atomic E-state index is 5.59. The number of aromatic nitrogens is 3. The minimum atomic E-state index is 0.512. The molecule has 0 unspecified atom stereocenters. The number of aromatic amines is 1. The molecule has 82 valence electrons. The maximum absolute atomic E-state index is 5.59. The number of benzene rings is 1. The van der Waals surface area contributed by atoms with Crippen LogP contribution in [0.2, 0.25) is 0 Å². The Hall–Kier alpha value is -1.81. The molecular formula is C12H14N4. The molecule has 0 aliphatic carbocycles. The van der Waals surface area contributed by atoms with E-state index in [1.54, 1.807) is 0 Å². The molecule has 4 nitrogen and oxygen atoms in total. The Kier molecular flexibility index (Phi) is 1.97. The highest BCUT2D eigenvalue weighted by Gasteiger charge is 2.07. The number of imidazole rings is 2. The molecule has 0 atom stereocenters. The van der Waals surface area contributed by atoms with Gasteiger partial charge in [0.2, 0.25) is 5.78 Å². The molecule has 0 amide bonds. The number of H-pyrrole nitrogens is 1. The van der Waals surface area contributed by atoms with Crippen LogP contribution in [0.15, 0.2) is 24.4 Å². The van der Waals surface area contributed by atoms with Crippen LogP contribution in [0, 0.1) is 0 Å². The first-order valence-electron chi connectivity index (χ1n) is 5.50. The quantitative estimate of drug-likeness (QED) is 0.683. The van der Waals surface area contributed by atoms with Gasteiger partial charge in [-0.2, -0.15) is 0 Å². The second-order valence-corrected chi connectivity index (χ2v) is 3.97. The van der Waals surface area contributed by atoms with Crippen LogP contribution >= 0.6 is 0 Å². The van der Waals surface area contributed by atoms with Crippen LogP contribution in [-0.2, 0) is 13.0 Å². The average Bonchev–Trinajstić information content (AvgIpc) is 2.84. The first-order valence-corrected chi connectivity index (χ1v) is 5.50. The van der Waals surface area contributed by atoms with Gasteiger partial charge in [-0.05, 0) is 24.1 Å². The lowest BCUT2D eigenvalue weighted by molar-refractivity contribution is 1.01. The predicted octanol–water partition coefficient (Wildman–Crippen LogP) is 1.84. The molecule has 3 N–H and O–H groups in total. The zero-order valence-electron chi connectivity index (χ0n) is 9.20. The van der Waals surface area contributed by atoms with E-state index in [9.17, 15) is 0 Å². The summed E-state index contributed by atoms with van der Waals surface area (Å²) in [6.45, 7) is 2.66. The third kappa shape index (κ3) is 1.23. The minimum Gasteiger partial charge on any atom is -0.326 e. The molecule has 0 radical (unpaired) electrons. The number of nitrogens with two attached hydrogens (primary N) is 1. The monoisotopic (exact) mass is 214 g/mol. The number of nitrogens with zero attached hydrogens (tertiary/aromatic N) is 2. The second-order valence-electron chi connectivity index (χ2n) is 3.97. The van der Waals surface area contributed by atoms with Gasteiger partial charge >= 0.3 is 0 Å². The topological polar surface area (TPSA) is 59.1 Å². The summed E-state index contributed by atoms with van der Waals surface area (Å²) in [6.07, 6.45) is 3.05. The highest BCUT2D eigenvalue weighted by molar-refractivity contribution is 5.80. The molecule has 1 aromatic carbocycles. The van der Waals surface area contributed by atoms with Gasteiger partial charge in [0, 0.05) is 18.4 Å². The molecule has 4 heteroatoms. The number of hydrogen-bond acceptors (Lipinski definition) is 2. The van der Waals surface area contributed by atoms with Crippen molar-refractivity contribution in [2.24, 2.45) is 5.73 Å². The van der Waals surface area contributed by atoms with Crippen molar-refractivity contribution in [2.75, 3.05) is 0 Å². The number of rotatable bonds is 2. The van der Waals surface area contributed by atoms with Crippen LogP contribution < -0.4 is 5.73 Å². The fraction of sp³-hybridized carbons (Fsp3) is 0.250. The van der Waals surface area contributed by atoms with Crippen molar-refractivity contribution in [1.29, 1.82) is 0 Å². The molecule has 2 heterocycles. The summed E-state index contributed by atoms with van der Waals surface area (Å²) in [4.78, 5) is 7.74. The van der Waals surface area contributed by atoms with Crippen molar-refractivity contribution in [2.45, 2.75) is 19.9 Å². The molecule has 3 rings (SSSR count). The summed E-state index contributed by atoms with van der Waals surface area (Å²) in [5, 5.41) is 0. The van der Waals surface area contributed by atoms with Crippen molar-refractivity contribution in [3.8, 4) is 0 Å². The highest BCUT2D eigenvalue weighted by Crippen LogP contribution is 2.18. The van der Waals surface area contributed by atoms with Crippen molar-refractivity contribution >= 4 is 16.8 Å². The smallest absolute Gasteiger partial charge is 0.212 e. The number of nitrogens with one attached hydrogen (secondary N) is 1. The average molecular weight is 214 g/mol. The van der Waals surface area contributed by atoms with Gasteiger partial charge in [-0.15, -0.1) is 0 Å². The number of fused-ring (bicyclic) bond motifs is 3. The van der Waals surface area contributed by atoms with E-state index >= 15 is 0 Å². The van der Waals surface area contributed by atoms with Gasteiger partial charge < -0.3 is 10.7 Å². The Bertz CT molecular complexity index is 642. The fourth-order valence-electron chi connectivity index (χ4n) is 2.02. The van der Waals surface area contributed by atoms with Crippen LogP contribution in [0.1, 0.15) is 18.2 Å². The molecule has 0 saturated carbocycles. The van der Waals surface area contributed by atoms with E-state index in [0.29, 0.717) is 6.54 Å². The normalized spacial score (nSPS) is 11.6. The van der Waals surface area contributed by atoms with Gasteiger partial charge in [0.15, 0.2) is 0 Å². The van der Waals surface area contributed by atoms with Crippen LogP contribution in [0.3, 0.4) is 0 Å². The van der Waals surface area contributed by atoms with Gasteiger partial charge in [0.1, 0.15) is 0 Å². The molecular weight excluding hydrogens is 200 g/mol. The van der Waals surface area contributed by atoms with Crippen LogP contribution in [0.5, 0.6) is 0 Å². The van der Waals surface area contributed by atoms with Gasteiger partial charge in [-0.3, -0.25) is 4.40 Å². The summed E-state index contributed by atoms with van der Waals surface area (Å²) < 4.78 is 2.05. The van der Waals surface area contributed by atoms with Crippen molar-refractivity contribution in [1.82, 2.24) is 14.4 Å². The molecule has 0 bridgehead atoms. The van der Waals surface area contributed by atoms with Gasteiger partial charge in [0.25, 0.3) is 0 Å². The molecule has 16 heavy (non-hydrogen) atoms. The number of aryl methyl sites for hydroxylation is 1. The van der Waals surface area contributed by atoms with E-state index in [1.807, 2.05) is 6.20 Å². The molecule has 0 aliphatic heterocycles. The minimum absolute atomic E-state index is 0.512. The third-order valence-electron chi connectivity index (χ3n) is 2.94. The SMILES string of the molecule is CCc1ccc2c(c1)nc1[nH]c(CN)cn12. The molecule has 0 saturated heterocycles. The lowest BCUT2D eigenvalue weighted by Gasteiger charge is -1.95. The van der Waals surface area contributed by atoms with Crippen molar-refractivity contribution in [3.05, 3.63) is 35.7 Å². The Morgan fingerprint density at radius 1 is 1.44 bits per heavy atom. The largest absolute Gasteiger partial charge is 0.326 e. The van der Waals surface area contributed by atoms with E-state index in [0.717, 1.165) is 28.9 Å². The summed E-state index contributed by atoms with van der Waals surface area (Å²) >= 11 is 0. The Balaban J connectivity index is 2.31. The van der Waals surface area contributed by atoms with E-state index in [1.165, 1.54) is 5.56 Å². The molecule has 0 fully saturated rings. The molecule has 0 aliphatic rings. The second kappa shape index (κ2) is 3.35. The highest BCUT2D eigenvalue weighted by atomic mass is 15.1. The summed E-state index contributed by atoms with van der Waals surface area (Å²) in [6, 6.07) is 6.40. The standard InChI is InChI=1S/C12H14N4/c1-2-8-3-4-11-10(5-8)15-12-14-9(6-13)7-16(11)12/h3-5,7H,2,6,13H2,1H3,(H,14,15). The Labute approximate surface area is 93.1 Å². The van der Waals surface area contributed by atoms with Crippen LogP contribution in [0.4, 0.5) is 0 Å². The molecule has 2 aromatic heterocycles. The van der Waals surface area contributed by atoms with Crippen molar-refractivity contribution in [3.63, 3.8) is 0 Å². The lowest BCUT2D eigenvalue weighted by Crippen LogP contribution is -1.95. The zero-order valence-corrected chi connectivity index (χ0v) is 9.20. The van der Waals surface area contributed by atoms with Crippen molar-refractivity contribution < 1.29 is 0 Å². The third-order valence-corrected chi connectivity index (χ3v) is 2.94. The first kappa shape index (κ1) is 9.42. The van der Waals surface area contributed by atoms with Crippen LogP contribution in [0.25, 0.3) is 16.8 Å². The Morgan fingerprint density at radius 3 is 3.06 bits per heavy atom. The molecule has 0 spiro atoms. The van der Waals surface area contributed by atoms with E-state index in [2.05, 4.69) is 39.5 Å². The fourth-order valence-corrected chi connectivity index (χ4v) is 2.02. The summed E-state index contributed by atoms with van der Waals surface area (Å²) in [5.74, 6) is 0.865. The summed E-state index contributed by atoms with van der Waals surface area (Å²) in [5.41, 5.74) is 10.1. The van der Waals surface area contributed by atoms with Gasteiger partial charge in [-0.25, -0.2) is 4.98 Å².